The van der Waals surface area contributed by atoms with Gasteiger partial charge in [0, 0.05) is 44.2 Å². The summed E-state index contributed by atoms with van der Waals surface area (Å²) in [6.45, 7) is 2.54. The molecule has 0 radical (unpaired) electrons. The topological polar surface area (TPSA) is 132 Å². The molecule has 10 nitrogen and oxygen atoms in total. The average Bonchev–Trinajstić information content (AvgIpc) is 3.11. The van der Waals surface area contributed by atoms with Crippen molar-refractivity contribution in [1.82, 2.24) is 9.88 Å². The fourth-order valence-corrected chi connectivity index (χ4v) is 3.53. The van der Waals surface area contributed by atoms with Gasteiger partial charge in [-0.25, -0.2) is 4.39 Å². The lowest BCUT2D eigenvalue weighted by molar-refractivity contribution is -0.384. The van der Waals surface area contributed by atoms with Crippen molar-refractivity contribution in [3.8, 4) is 0 Å². The van der Waals surface area contributed by atoms with Gasteiger partial charge in [0.25, 0.3) is 11.6 Å². The third kappa shape index (κ3) is 4.82. The average molecular weight is 430 g/mol. The number of amides is 2. The number of benzene rings is 1. The maximum Gasteiger partial charge on any atom is 0.302 e. The Kier molecular flexibility index (Phi) is 6.23. The molecule has 1 aliphatic rings. The summed E-state index contributed by atoms with van der Waals surface area (Å²) < 4.78 is 20.1. The molecule has 1 saturated heterocycles. The smallest absolute Gasteiger partial charge is 0.302 e. The van der Waals surface area contributed by atoms with Gasteiger partial charge >= 0.3 is 5.97 Å². The second-order valence-corrected chi connectivity index (χ2v) is 6.97. The van der Waals surface area contributed by atoms with Gasteiger partial charge in [0.15, 0.2) is 0 Å². The van der Waals surface area contributed by atoms with Crippen LogP contribution in [0.15, 0.2) is 36.5 Å². The molecule has 162 valence electrons. The van der Waals surface area contributed by atoms with Crippen molar-refractivity contribution in [3.05, 3.63) is 63.7 Å². The molecular weight excluding hydrogens is 411 g/mol. The molecule has 31 heavy (non-hydrogen) atoms. The number of anilines is 1. The van der Waals surface area contributed by atoms with E-state index in [1.807, 2.05) is 0 Å². The van der Waals surface area contributed by atoms with E-state index in [4.69, 9.17) is 4.74 Å². The van der Waals surface area contributed by atoms with Crippen LogP contribution in [0.1, 0.15) is 42.4 Å². The van der Waals surface area contributed by atoms with Crippen molar-refractivity contribution in [3.63, 3.8) is 0 Å². The van der Waals surface area contributed by atoms with Crippen molar-refractivity contribution < 1.29 is 28.4 Å². The van der Waals surface area contributed by atoms with E-state index in [-0.39, 0.29) is 29.9 Å². The SMILES string of the molecule is CC(=O)OC1CC(c2cc([N+](=O)[O-])c(NC(=O)c3ccccn3)cc2F)N(C(C)=O)C1. The van der Waals surface area contributed by atoms with Gasteiger partial charge in [0.1, 0.15) is 23.3 Å². The number of esters is 1. The fraction of sp³-hybridized carbons (Fsp3) is 0.300. The molecule has 0 spiro atoms. The van der Waals surface area contributed by atoms with Crippen LogP contribution >= 0.6 is 0 Å². The highest BCUT2D eigenvalue weighted by molar-refractivity contribution is 6.04. The van der Waals surface area contributed by atoms with E-state index in [0.29, 0.717) is 0 Å². The molecule has 2 amide bonds. The van der Waals surface area contributed by atoms with E-state index in [1.165, 1.54) is 31.0 Å². The van der Waals surface area contributed by atoms with Gasteiger partial charge in [0.05, 0.1) is 17.5 Å². The number of hydrogen-bond acceptors (Lipinski definition) is 7. The van der Waals surface area contributed by atoms with Gasteiger partial charge in [-0.15, -0.1) is 0 Å². The Morgan fingerprint density at radius 2 is 2.03 bits per heavy atom. The van der Waals surface area contributed by atoms with E-state index in [9.17, 15) is 28.9 Å². The molecule has 2 atom stereocenters. The summed E-state index contributed by atoms with van der Waals surface area (Å²) in [7, 11) is 0. The normalized spacial score (nSPS) is 17.8. The molecular formula is C20H19FN4O6. The molecule has 1 aromatic carbocycles. The minimum Gasteiger partial charge on any atom is -0.461 e. The number of ether oxygens (including phenoxy) is 1. The second-order valence-electron chi connectivity index (χ2n) is 6.97. The van der Waals surface area contributed by atoms with E-state index >= 15 is 0 Å². The van der Waals surface area contributed by atoms with E-state index in [1.54, 1.807) is 12.1 Å². The lowest BCUT2D eigenvalue weighted by Gasteiger charge is -2.23. The van der Waals surface area contributed by atoms with Crippen LogP contribution < -0.4 is 5.32 Å². The number of carbonyl (C=O) groups is 3. The number of carbonyl (C=O) groups excluding carboxylic acids is 3. The molecule has 1 aromatic heterocycles. The molecule has 1 fully saturated rings. The van der Waals surface area contributed by atoms with Crippen LogP contribution in [0.4, 0.5) is 15.8 Å². The van der Waals surface area contributed by atoms with E-state index in [0.717, 1.165) is 12.1 Å². The monoisotopic (exact) mass is 430 g/mol. The number of rotatable bonds is 5. The zero-order chi connectivity index (χ0) is 22.7. The molecule has 1 N–H and O–H groups in total. The first-order valence-electron chi connectivity index (χ1n) is 9.32. The summed E-state index contributed by atoms with van der Waals surface area (Å²) in [6, 6.07) is 5.53. The lowest BCUT2D eigenvalue weighted by atomic mass is 10.0. The Morgan fingerprint density at radius 1 is 1.29 bits per heavy atom. The maximum atomic E-state index is 15.0. The lowest BCUT2D eigenvalue weighted by Crippen LogP contribution is -2.30. The van der Waals surface area contributed by atoms with Gasteiger partial charge in [-0.3, -0.25) is 29.5 Å². The molecule has 2 unspecified atom stereocenters. The van der Waals surface area contributed by atoms with Crippen molar-refractivity contribution in [2.24, 2.45) is 0 Å². The third-order valence-electron chi connectivity index (χ3n) is 4.82. The van der Waals surface area contributed by atoms with Crippen molar-refractivity contribution in [1.29, 1.82) is 0 Å². The number of nitrogens with zero attached hydrogens (tertiary/aromatic N) is 3. The predicted octanol–water partition coefficient (Wildman–Crippen LogP) is 2.61. The van der Waals surface area contributed by atoms with Crippen molar-refractivity contribution in [2.75, 3.05) is 11.9 Å². The second kappa shape index (κ2) is 8.86. The summed E-state index contributed by atoms with van der Waals surface area (Å²) in [5.74, 6) is -2.53. The first-order valence-corrected chi connectivity index (χ1v) is 9.32. The minimum atomic E-state index is -0.860. The van der Waals surface area contributed by atoms with Gasteiger partial charge in [0.2, 0.25) is 5.91 Å². The number of nitrogens with one attached hydrogen (secondary N) is 1. The predicted molar refractivity (Wildman–Crippen MR) is 106 cm³/mol. The highest BCUT2D eigenvalue weighted by Gasteiger charge is 2.39. The Morgan fingerprint density at radius 3 is 2.61 bits per heavy atom. The van der Waals surface area contributed by atoms with Crippen LogP contribution in [-0.4, -0.2) is 45.2 Å². The van der Waals surface area contributed by atoms with Gasteiger partial charge < -0.3 is 15.0 Å². The number of hydrogen-bond donors (Lipinski definition) is 1. The van der Waals surface area contributed by atoms with Crippen LogP contribution in [0.2, 0.25) is 0 Å². The number of likely N-dealkylation sites (tertiary alicyclic amines) is 1. The highest BCUT2D eigenvalue weighted by Crippen LogP contribution is 2.39. The van der Waals surface area contributed by atoms with Crippen LogP contribution in [0.5, 0.6) is 0 Å². The Hall–Kier alpha value is -3.89. The standard InChI is InChI=1S/C20H19FN4O6/c1-11(26)24-10-13(31-12(2)27)7-18(24)14-8-19(25(29)30)17(9-15(14)21)23-20(28)16-5-3-4-6-22-16/h3-6,8-9,13,18H,7,10H2,1-2H3,(H,23,28). The molecule has 0 bridgehead atoms. The zero-order valence-electron chi connectivity index (χ0n) is 16.7. The molecule has 0 aliphatic carbocycles. The summed E-state index contributed by atoms with van der Waals surface area (Å²) in [4.78, 5) is 51.6. The summed E-state index contributed by atoms with van der Waals surface area (Å²) in [5, 5.41) is 13.9. The number of pyridine rings is 1. The Bertz CT molecular complexity index is 1050. The summed E-state index contributed by atoms with van der Waals surface area (Å²) in [5.41, 5.74) is -0.984. The minimum absolute atomic E-state index is 0.00375. The first kappa shape index (κ1) is 21.8. The number of aromatic nitrogens is 1. The number of nitro benzene ring substituents is 1. The Balaban J connectivity index is 1.96. The fourth-order valence-electron chi connectivity index (χ4n) is 3.53. The number of nitro groups is 1. The van der Waals surface area contributed by atoms with Crippen LogP contribution in [-0.2, 0) is 14.3 Å². The molecule has 2 aromatic rings. The van der Waals surface area contributed by atoms with Crippen molar-refractivity contribution in [2.45, 2.75) is 32.4 Å². The molecule has 3 rings (SSSR count). The highest BCUT2D eigenvalue weighted by atomic mass is 19.1. The quantitative estimate of drug-likeness (QED) is 0.438. The molecule has 11 heteroatoms. The van der Waals surface area contributed by atoms with Gasteiger partial charge in [-0.05, 0) is 12.1 Å². The number of halogens is 1. The van der Waals surface area contributed by atoms with Crippen molar-refractivity contribution >= 4 is 29.2 Å². The van der Waals surface area contributed by atoms with Crippen LogP contribution in [0.3, 0.4) is 0 Å². The van der Waals surface area contributed by atoms with Crippen LogP contribution in [0.25, 0.3) is 0 Å². The maximum absolute atomic E-state index is 15.0. The zero-order valence-corrected chi connectivity index (χ0v) is 16.7. The third-order valence-corrected chi connectivity index (χ3v) is 4.82. The first-order chi connectivity index (χ1) is 14.7. The largest absolute Gasteiger partial charge is 0.461 e. The van der Waals surface area contributed by atoms with Gasteiger partial charge in [-0.1, -0.05) is 6.07 Å². The van der Waals surface area contributed by atoms with Gasteiger partial charge in [-0.2, -0.15) is 0 Å². The molecule has 0 saturated carbocycles. The summed E-state index contributed by atoms with van der Waals surface area (Å²) >= 11 is 0. The van der Waals surface area contributed by atoms with E-state index < -0.39 is 46.4 Å². The van der Waals surface area contributed by atoms with Crippen LogP contribution in [0, 0.1) is 15.9 Å². The molecule has 2 heterocycles. The molecule has 1 aliphatic heterocycles. The van der Waals surface area contributed by atoms with E-state index in [2.05, 4.69) is 10.3 Å². The summed E-state index contributed by atoms with van der Waals surface area (Å²) in [6.07, 6.45) is 0.809. The Labute approximate surface area is 176 Å².